The van der Waals surface area contributed by atoms with Crippen LogP contribution in [0, 0.1) is 5.82 Å². The zero-order valence-electron chi connectivity index (χ0n) is 14.1. The van der Waals surface area contributed by atoms with Gasteiger partial charge in [-0.05, 0) is 34.2 Å². The zero-order chi connectivity index (χ0) is 19.4. The summed E-state index contributed by atoms with van der Waals surface area (Å²) in [6.45, 7) is 0.209. The van der Waals surface area contributed by atoms with Crippen molar-refractivity contribution in [2.24, 2.45) is 0 Å². The molecule has 3 rings (SSSR count). The summed E-state index contributed by atoms with van der Waals surface area (Å²) in [7, 11) is 1.49. The smallest absolute Gasteiger partial charge is 0.260 e. The van der Waals surface area contributed by atoms with E-state index < -0.39 is 5.82 Å². The molecule has 11 heteroatoms. The predicted molar refractivity (Wildman–Crippen MR) is 99.0 cm³/mol. The maximum atomic E-state index is 13.9. The van der Waals surface area contributed by atoms with Gasteiger partial charge in [-0.3, -0.25) is 0 Å². The number of nitrogens with one attached hydrogen (secondary N) is 1. The van der Waals surface area contributed by atoms with Crippen LogP contribution in [0.1, 0.15) is 11.1 Å². The van der Waals surface area contributed by atoms with Crippen LogP contribution in [0.5, 0.6) is 11.5 Å². The molecule has 0 fully saturated rings. The molecule has 0 saturated carbocycles. The summed E-state index contributed by atoms with van der Waals surface area (Å²) in [5.41, 5.74) is 9.43. The zero-order valence-corrected chi connectivity index (χ0v) is 15.6. The second-order valence-corrected chi connectivity index (χ2v) is 6.18. The average Bonchev–Trinajstić information content (AvgIpc) is 3.05. The highest BCUT2D eigenvalue weighted by Crippen LogP contribution is 2.34. The van der Waals surface area contributed by atoms with Crippen LogP contribution < -0.4 is 20.6 Å². The summed E-state index contributed by atoms with van der Waals surface area (Å²) in [5.74, 6) is 0.438. The molecule has 0 spiro atoms. The monoisotopic (exact) mass is 412 g/mol. The van der Waals surface area contributed by atoms with Gasteiger partial charge in [-0.1, -0.05) is 34.4 Å². The van der Waals surface area contributed by atoms with Gasteiger partial charge in [-0.25, -0.2) is 4.39 Å². The SMILES string of the molecule is COc1cc(CNn2nnnc2N)c(Cl)cc1OCc1c(F)cccc1Cl. The van der Waals surface area contributed by atoms with E-state index in [1.165, 1.54) is 24.0 Å². The Kier molecular flexibility index (Phi) is 5.82. The average molecular weight is 413 g/mol. The van der Waals surface area contributed by atoms with Crippen LogP contribution in [0.2, 0.25) is 10.0 Å². The highest BCUT2D eigenvalue weighted by atomic mass is 35.5. The topological polar surface area (TPSA) is 100 Å². The maximum absolute atomic E-state index is 13.9. The van der Waals surface area contributed by atoms with Crippen LogP contribution in [0.3, 0.4) is 0 Å². The van der Waals surface area contributed by atoms with Crippen molar-refractivity contribution < 1.29 is 13.9 Å². The lowest BCUT2D eigenvalue weighted by Gasteiger charge is -2.15. The van der Waals surface area contributed by atoms with Crippen LogP contribution >= 0.6 is 23.2 Å². The van der Waals surface area contributed by atoms with Gasteiger partial charge in [0.15, 0.2) is 11.5 Å². The second kappa shape index (κ2) is 8.28. The molecular weight excluding hydrogens is 398 g/mol. The number of nitrogens with zero attached hydrogens (tertiary/aromatic N) is 4. The van der Waals surface area contributed by atoms with E-state index in [9.17, 15) is 4.39 Å². The summed E-state index contributed by atoms with van der Waals surface area (Å²) < 4.78 is 24.9. The minimum atomic E-state index is -0.451. The molecule has 0 amide bonds. The molecule has 0 unspecified atom stereocenters. The number of nitrogens with two attached hydrogens (primary N) is 1. The number of tetrazole rings is 1. The van der Waals surface area contributed by atoms with Crippen molar-refractivity contribution in [2.45, 2.75) is 13.2 Å². The minimum Gasteiger partial charge on any atom is -0.493 e. The van der Waals surface area contributed by atoms with E-state index >= 15 is 0 Å². The molecule has 0 radical (unpaired) electrons. The highest BCUT2D eigenvalue weighted by Gasteiger charge is 2.14. The van der Waals surface area contributed by atoms with Gasteiger partial charge in [0.2, 0.25) is 0 Å². The molecule has 3 aromatic rings. The van der Waals surface area contributed by atoms with E-state index in [4.69, 9.17) is 38.4 Å². The molecule has 2 aromatic carbocycles. The number of hydrogen-bond donors (Lipinski definition) is 2. The number of rotatable bonds is 7. The van der Waals surface area contributed by atoms with E-state index in [1.54, 1.807) is 18.2 Å². The quantitative estimate of drug-likeness (QED) is 0.614. The van der Waals surface area contributed by atoms with Crippen molar-refractivity contribution in [3.05, 3.63) is 57.3 Å². The number of halogens is 3. The Balaban J connectivity index is 1.76. The van der Waals surface area contributed by atoms with Crippen molar-refractivity contribution in [1.29, 1.82) is 0 Å². The predicted octanol–water partition coefficient (Wildman–Crippen LogP) is 3.03. The first-order valence-corrected chi connectivity index (χ1v) is 8.45. The molecule has 1 aromatic heterocycles. The normalized spacial score (nSPS) is 10.7. The molecule has 0 aliphatic carbocycles. The number of anilines is 1. The molecule has 0 aliphatic rings. The Labute approximate surface area is 163 Å². The molecule has 142 valence electrons. The number of methoxy groups -OCH3 is 1. The van der Waals surface area contributed by atoms with E-state index in [0.29, 0.717) is 22.1 Å². The van der Waals surface area contributed by atoms with Gasteiger partial charge >= 0.3 is 0 Å². The fraction of sp³-hybridized carbons (Fsp3) is 0.188. The Morgan fingerprint density at radius 3 is 2.70 bits per heavy atom. The van der Waals surface area contributed by atoms with Crippen LogP contribution in [-0.4, -0.2) is 27.4 Å². The molecule has 0 aliphatic heterocycles. The molecular formula is C16H15Cl2FN6O2. The lowest BCUT2D eigenvalue weighted by atomic mass is 10.2. The number of hydrogen-bond acceptors (Lipinski definition) is 7. The van der Waals surface area contributed by atoms with Gasteiger partial charge in [0.1, 0.15) is 12.4 Å². The van der Waals surface area contributed by atoms with Crippen LogP contribution in [-0.2, 0) is 13.2 Å². The van der Waals surface area contributed by atoms with Crippen LogP contribution in [0.25, 0.3) is 0 Å². The molecule has 0 bridgehead atoms. The number of ether oxygens (including phenoxy) is 2. The van der Waals surface area contributed by atoms with E-state index in [-0.39, 0.29) is 29.7 Å². The van der Waals surface area contributed by atoms with Crippen molar-refractivity contribution in [3.63, 3.8) is 0 Å². The van der Waals surface area contributed by atoms with E-state index in [2.05, 4.69) is 21.0 Å². The molecule has 8 nitrogen and oxygen atoms in total. The van der Waals surface area contributed by atoms with Crippen molar-refractivity contribution in [2.75, 3.05) is 18.3 Å². The highest BCUT2D eigenvalue weighted by molar-refractivity contribution is 6.31. The number of nitrogen functional groups attached to an aromatic ring is 1. The van der Waals surface area contributed by atoms with Gasteiger partial charge in [-0.2, -0.15) is 0 Å². The Bertz CT molecular complexity index is 932. The van der Waals surface area contributed by atoms with Crippen LogP contribution in [0.4, 0.5) is 10.3 Å². The summed E-state index contributed by atoms with van der Waals surface area (Å²) >= 11 is 12.3. The standard InChI is InChI=1S/C16H15Cl2FN6O2/c1-26-14-5-9(7-21-25-16(20)22-23-24-25)12(18)6-15(14)27-8-10-11(17)3-2-4-13(10)19/h2-6,21H,7-8H2,1H3,(H2,20,22,24). The fourth-order valence-electron chi connectivity index (χ4n) is 2.27. The van der Waals surface area contributed by atoms with E-state index in [0.717, 1.165) is 0 Å². The first-order chi connectivity index (χ1) is 13.0. The van der Waals surface area contributed by atoms with Crippen molar-refractivity contribution >= 4 is 29.2 Å². The van der Waals surface area contributed by atoms with Crippen molar-refractivity contribution in [3.8, 4) is 11.5 Å². The van der Waals surface area contributed by atoms with Gasteiger partial charge in [0.25, 0.3) is 5.95 Å². The summed E-state index contributed by atoms with van der Waals surface area (Å²) in [5, 5.41) is 11.3. The first kappa shape index (κ1) is 19.0. The number of aromatic nitrogens is 4. The van der Waals surface area contributed by atoms with Crippen LogP contribution in [0.15, 0.2) is 30.3 Å². The Morgan fingerprint density at radius 2 is 2.04 bits per heavy atom. The van der Waals surface area contributed by atoms with Gasteiger partial charge in [-0.15, -0.1) is 4.79 Å². The summed E-state index contributed by atoms with van der Waals surface area (Å²) in [6.07, 6.45) is 0. The largest absolute Gasteiger partial charge is 0.493 e. The molecule has 3 N–H and O–H groups in total. The summed E-state index contributed by atoms with van der Waals surface area (Å²) in [6, 6.07) is 7.70. The summed E-state index contributed by atoms with van der Waals surface area (Å²) in [4.78, 5) is 1.22. The molecule has 0 atom stereocenters. The minimum absolute atomic E-state index is 0.0725. The third-order valence-electron chi connectivity index (χ3n) is 3.68. The van der Waals surface area contributed by atoms with E-state index in [1.807, 2.05) is 0 Å². The first-order valence-electron chi connectivity index (χ1n) is 7.69. The lowest BCUT2D eigenvalue weighted by Crippen LogP contribution is -2.18. The van der Waals surface area contributed by atoms with Gasteiger partial charge in [0, 0.05) is 16.7 Å². The number of benzene rings is 2. The third-order valence-corrected chi connectivity index (χ3v) is 4.39. The molecule has 27 heavy (non-hydrogen) atoms. The maximum Gasteiger partial charge on any atom is 0.260 e. The van der Waals surface area contributed by atoms with Gasteiger partial charge < -0.3 is 20.6 Å². The molecule has 1 heterocycles. The third kappa shape index (κ3) is 4.32. The Hall–Kier alpha value is -2.78. The van der Waals surface area contributed by atoms with Crippen molar-refractivity contribution in [1.82, 2.24) is 20.3 Å². The lowest BCUT2D eigenvalue weighted by molar-refractivity contribution is 0.279. The Morgan fingerprint density at radius 1 is 1.22 bits per heavy atom. The fourth-order valence-corrected chi connectivity index (χ4v) is 2.71. The van der Waals surface area contributed by atoms with Gasteiger partial charge in [0.05, 0.1) is 18.7 Å². The second-order valence-electron chi connectivity index (χ2n) is 5.37. The molecule has 0 saturated heterocycles.